The lowest BCUT2D eigenvalue weighted by Gasteiger charge is -2.15. The van der Waals surface area contributed by atoms with Crippen LogP contribution < -0.4 is 5.32 Å². The average molecular weight is 234 g/mol. The normalized spacial score (nSPS) is 20.3. The number of esters is 1. The fourth-order valence-electron chi connectivity index (χ4n) is 0.768. The minimum atomic E-state index is -0.616. The third kappa shape index (κ3) is 2.74. The van der Waals surface area contributed by atoms with Gasteiger partial charge in [-0.1, -0.05) is 11.6 Å². The SMILES string of the molecule is N=CCOC(=O)C1=C(Cl)NC(S)N=C1. The van der Waals surface area contributed by atoms with Crippen molar-refractivity contribution in [3.63, 3.8) is 0 Å². The largest absolute Gasteiger partial charge is 0.456 e. The van der Waals surface area contributed by atoms with Crippen LogP contribution in [-0.4, -0.2) is 30.5 Å². The van der Waals surface area contributed by atoms with Crippen LogP contribution in [0.5, 0.6) is 0 Å². The summed E-state index contributed by atoms with van der Waals surface area (Å²) in [7, 11) is 0. The quantitative estimate of drug-likeness (QED) is 0.288. The number of halogens is 1. The molecular weight excluding hydrogens is 226 g/mol. The fourth-order valence-corrected chi connectivity index (χ4v) is 1.27. The van der Waals surface area contributed by atoms with Crippen LogP contribution in [-0.2, 0) is 9.53 Å². The summed E-state index contributed by atoms with van der Waals surface area (Å²) in [4.78, 5) is 15.1. The van der Waals surface area contributed by atoms with E-state index in [1.54, 1.807) is 0 Å². The van der Waals surface area contributed by atoms with E-state index in [1.165, 1.54) is 6.21 Å². The van der Waals surface area contributed by atoms with Crippen molar-refractivity contribution in [1.82, 2.24) is 5.32 Å². The fraction of sp³-hybridized carbons (Fsp3) is 0.286. The standard InChI is InChI=1S/C7H8ClN3O2S/c8-5-4(3-10-7(14)11-5)6(12)13-2-1-9/h1,3,7,9,11,14H,2H2. The highest BCUT2D eigenvalue weighted by molar-refractivity contribution is 7.80. The number of carbonyl (C=O) groups is 1. The van der Waals surface area contributed by atoms with E-state index >= 15 is 0 Å². The van der Waals surface area contributed by atoms with Crippen LogP contribution in [0.1, 0.15) is 0 Å². The molecule has 0 aromatic rings. The topological polar surface area (TPSA) is 74.5 Å². The van der Waals surface area contributed by atoms with Gasteiger partial charge in [0.25, 0.3) is 0 Å². The number of hydrogen-bond acceptors (Lipinski definition) is 6. The summed E-state index contributed by atoms with van der Waals surface area (Å²) in [6.45, 7) is -0.0787. The zero-order valence-electron chi connectivity index (χ0n) is 7.03. The molecule has 0 fully saturated rings. The third-order valence-corrected chi connectivity index (χ3v) is 1.93. The molecule has 1 unspecified atom stereocenters. The van der Waals surface area contributed by atoms with E-state index in [-0.39, 0.29) is 17.3 Å². The van der Waals surface area contributed by atoms with E-state index in [1.807, 2.05) is 0 Å². The Labute approximate surface area is 91.1 Å². The maximum Gasteiger partial charge on any atom is 0.343 e. The number of thiol groups is 1. The summed E-state index contributed by atoms with van der Waals surface area (Å²) in [5, 5.41) is 9.47. The molecule has 1 aliphatic rings. The monoisotopic (exact) mass is 233 g/mol. The second-order valence-electron chi connectivity index (χ2n) is 2.33. The summed E-state index contributed by atoms with van der Waals surface area (Å²) in [5.41, 5.74) is -0.305. The van der Waals surface area contributed by atoms with Gasteiger partial charge in [-0.3, -0.25) is 4.99 Å². The van der Waals surface area contributed by atoms with E-state index in [0.717, 1.165) is 6.21 Å². The van der Waals surface area contributed by atoms with Crippen molar-refractivity contribution in [3.05, 3.63) is 10.7 Å². The van der Waals surface area contributed by atoms with Gasteiger partial charge < -0.3 is 15.5 Å². The maximum atomic E-state index is 11.3. The van der Waals surface area contributed by atoms with Crippen molar-refractivity contribution in [3.8, 4) is 0 Å². The molecule has 0 saturated heterocycles. The lowest BCUT2D eigenvalue weighted by atomic mass is 10.3. The van der Waals surface area contributed by atoms with Gasteiger partial charge in [0.15, 0.2) is 5.50 Å². The Morgan fingerprint density at radius 2 is 2.64 bits per heavy atom. The Balaban J connectivity index is 2.68. The summed E-state index contributed by atoms with van der Waals surface area (Å²) in [6, 6.07) is 0. The van der Waals surface area contributed by atoms with Crippen LogP contribution in [0.2, 0.25) is 0 Å². The van der Waals surface area contributed by atoms with Gasteiger partial charge >= 0.3 is 5.97 Å². The first kappa shape index (κ1) is 11.1. The van der Waals surface area contributed by atoms with Crippen molar-refractivity contribution >= 4 is 42.6 Å². The van der Waals surface area contributed by atoms with Crippen molar-refractivity contribution in [2.75, 3.05) is 6.61 Å². The highest BCUT2D eigenvalue weighted by Gasteiger charge is 2.18. The first-order valence-electron chi connectivity index (χ1n) is 3.68. The van der Waals surface area contributed by atoms with E-state index in [2.05, 4.69) is 27.7 Å². The number of carbonyl (C=O) groups excluding carboxylic acids is 1. The first-order chi connectivity index (χ1) is 6.65. The Morgan fingerprint density at radius 1 is 1.93 bits per heavy atom. The summed E-state index contributed by atoms with van der Waals surface area (Å²) >= 11 is 9.71. The van der Waals surface area contributed by atoms with Gasteiger partial charge in [0, 0.05) is 12.4 Å². The number of rotatable bonds is 3. The second-order valence-corrected chi connectivity index (χ2v) is 3.19. The molecule has 14 heavy (non-hydrogen) atoms. The smallest absolute Gasteiger partial charge is 0.343 e. The van der Waals surface area contributed by atoms with E-state index in [0.29, 0.717) is 0 Å². The average Bonchev–Trinajstić information content (AvgIpc) is 2.14. The van der Waals surface area contributed by atoms with Crippen molar-refractivity contribution < 1.29 is 9.53 Å². The molecule has 76 valence electrons. The molecule has 0 radical (unpaired) electrons. The van der Waals surface area contributed by atoms with Gasteiger partial charge in [-0.15, -0.1) is 12.6 Å². The summed E-state index contributed by atoms with van der Waals surface area (Å²) in [6.07, 6.45) is 2.27. The predicted molar refractivity (Wildman–Crippen MR) is 57.0 cm³/mol. The molecule has 1 rings (SSSR count). The van der Waals surface area contributed by atoms with Gasteiger partial charge in [0.05, 0.1) is 0 Å². The van der Waals surface area contributed by atoms with Gasteiger partial charge in [-0.25, -0.2) is 4.79 Å². The van der Waals surface area contributed by atoms with Crippen LogP contribution in [0.3, 0.4) is 0 Å². The lowest BCUT2D eigenvalue weighted by molar-refractivity contribution is -0.136. The molecule has 0 spiro atoms. The van der Waals surface area contributed by atoms with Gasteiger partial charge in [0.1, 0.15) is 17.3 Å². The zero-order chi connectivity index (χ0) is 10.6. The minimum absolute atomic E-state index is 0.0787. The van der Waals surface area contributed by atoms with Gasteiger partial charge in [-0.2, -0.15) is 0 Å². The Morgan fingerprint density at radius 3 is 3.21 bits per heavy atom. The second kappa shape index (κ2) is 5.02. The number of nitrogens with zero attached hydrogens (tertiary/aromatic N) is 1. The molecule has 0 amide bonds. The highest BCUT2D eigenvalue weighted by Crippen LogP contribution is 2.13. The minimum Gasteiger partial charge on any atom is -0.456 e. The van der Waals surface area contributed by atoms with Crippen molar-refractivity contribution in [2.24, 2.45) is 4.99 Å². The molecule has 1 aliphatic heterocycles. The molecule has 7 heteroatoms. The molecule has 1 heterocycles. The molecule has 5 nitrogen and oxygen atoms in total. The Hall–Kier alpha value is -1.01. The van der Waals surface area contributed by atoms with Crippen LogP contribution in [0.25, 0.3) is 0 Å². The molecule has 0 aromatic heterocycles. The van der Waals surface area contributed by atoms with Crippen LogP contribution >= 0.6 is 24.2 Å². The number of aliphatic imine (C=N–C) groups is 1. The predicted octanol–water partition coefficient (Wildman–Crippen LogP) is 0.517. The number of ether oxygens (including phenoxy) is 1. The van der Waals surface area contributed by atoms with E-state index < -0.39 is 11.5 Å². The molecule has 1 atom stereocenters. The summed E-state index contributed by atoms with van der Waals surface area (Å²) < 4.78 is 4.66. The van der Waals surface area contributed by atoms with Crippen molar-refractivity contribution in [1.29, 1.82) is 5.41 Å². The van der Waals surface area contributed by atoms with Gasteiger partial charge in [0.2, 0.25) is 0 Å². The van der Waals surface area contributed by atoms with Crippen LogP contribution in [0.4, 0.5) is 0 Å². The number of nitrogens with one attached hydrogen (secondary N) is 2. The molecule has 2 N–H and O–H groups in total. The van der Waals surface area contributed by atoms with Crippen LogP contribution in [0.15, 0.2) is 15.7 Å². The first-order valence-corrected chi connectivity index (χ1v) is 4.58. The number of hydrogen-bond donors (Lipinski definition) is 3. The molecular formula is C7H8ClN3O2S. The van der Waals surface area contributed by atoms with E-state index in [9.17, 15) is 4.79 Å². The lowest BCUT2D eigenvalue weighted by Crippen LogP contribution is -2.27. The Kier molecular flexibility index (Phi) is 3.97. The van der Waals surface area contributed by atoms with E-state index in [4.69, 9.17) is 17.0 Å². The maximum absolute atomic E-state index is 11.3. The molecule has 0 bridgehead atoms. The highest BCUT2D eigenvalue weighted by atomic mass is 35.5. The summed E-state index contributed by atoms with van der Waals surface area (Å²) in [5.74, 6) is -0.616. The third-order valence-electron chi connectivity index (χ3n) is 1.35. The van der Waals surface area contributed by atoms with Crippen LogP contribution in [0, 0.1) is 5.41 Å². The Bertz CT molecular complexity index is 316. The molecule has 0 saturated carbocycles. The molecule has 0 aliphatic carbocycles. The van der Waals surface area contributed by atoms with Crippen molar-refractivity contribution in [2.45, 2.75) is 5.50 Å². The molecule has 0 aromatic carbocycles. The van der Waals surface area contributed by atoms with Gasteiger partial charge in [-0.05, 0) is 0 Å². The zero-order valence-corrected chi connectivity index (χ0v) is 8.68.